The van der Waals surface area contributed by atoms with Gasteiger partial charge < -0.3 is 9.72 Å². The smallest absolute Gasteiger partial charge is 0.411 e. The third-order valence-electron chi connectivity index (χ3n) is 3.91. The number of aromatic nitrogens is 2. The maximum absolute atomic E-state index is 12.7. The summed E-state index contributed by atoms with van der Waals surface area (Å²) in [5, 5.41) is 8.98. The number of nitrogens with one attached hydrogen (secondary N) is 1. The van der Waals surface area contributed by atoms with Gasteiger partial charge in [0.25, 0.3) is 0 Å². The lowest BCUT2D eigenvalue weighted by molar-refractivity contribution is 0.0174. The van der Waals surface area contributed by atoms with Gasteiger partial charge in [-0.15, -0.1) is 0 Å². The number of nitrogens with zero attached hydrogens (tertiary/aromatic N) is 3. The molecule has 3 rings (SSSR count). The normalized spacial score (nSPS) is 17.1. The summed E-state index contributed by atoms with van der Waals surface area (Å²) in [6.07, 6.45) is 2.01. The number of fused-ring (bicyclic) bond motifs is 1. The first kappa shape index (κ1) is 16.1. The Bertz CT molecular complexity index is 781. The van der Waals surface area contributed by atoms with E-state index in [1.165, 1.54) is 0 Å². The fraction of sp³-hybridized carbons (Fsp3) is 0.389. The molecule has 0 radical (unpaired) electrons. The van der Waals surface area contributed by atoms with E-state index >= 15 is 0 Å². The van der Waals surface area contributed by atoms with Crippen molar-refractivity contribution in [3.63, 3.8) is 0 Å². The molecule has 6 heteroatoms. The molecule has 1 aliphatic heterocycles. The lowest BCUT2D eigenvalue weighted by Gasteiger charge is -2.36. The Kier molecular flexibility index (Phi) is 4.02. The summed E-state index contributed by atoms with van der Waals surface area (Å²) in [6, 6.07) is 9.03. The van der Waals surface area contributed by atoms with Crippen LogP contribution in [0.15, 0.2) is 30.6 Å². The van der Waals surface area contributed by atoms with Gasteiger partial charge in [0.05, 0.1) is 23.7 Å². The zero-order valence-corrected chi connectivity index (χ0v) is 14.0. The third kappa shape index (κ3) is 3.11. The summed E-state index contributed by atoms with van der Waals surface area (Å²) in [7, 11) is 0. The van der Waals surface area contributed by atoms with Crippen LogP contribution in [0.4, 0.5) is 4.79 Å². The second kappa shape index (κ2) is 6.00. The predicted octanol–water partition coefficient (Wildman–Crippen LogP) is 3.16. The topological polar surface area (TPSA) is 82.0 Å². The van der Waals surface area contributed by atoms with Gasteiger partial charge in [-0.05, 0) is 38.5 Å². The molecule has 0 spiro atoms. The first-order valence-electron chi connectivity index (χ1n) is 7.91. The number of carbonyl (C=O) groups excluding carboxylic acids is 1. The largest absolute Gasteiger partial charge is 0.444 e. The highest BCUT2D eigenvalue weighted by Crippen LogP contribution is 2.34. The van der Waals surface area contributed by atoms with Crippen molar-refractivity contribution in [2.75, 3.05) is 6.54 Å². The van der Waals surface area contributed by atoms with Crippen molar-refractivity contribution in [2.45, 2.75) is 38.8 Å². The molecule has 124 valence electrons. The minimum atomic E-state index is -0.557. The molecule has 2 heterocycles. The molecule has 0 bridgehead atoms. The fourth-order valence-corrected chi connectivity index (χ4v) is 2.87. The highest BCUT2D eigenvalue weighted by molar-refractivity contribution is 5.70. The molecule has 1 atom stereocenters. The Morgan fingerprint density at radius 3 is 2.71 bits per heavy atom. The number of ether oxygens (including phenoxy) is 1. The highest BCUT2D eigenvalue weighted by Gasteiger charge is 2.36. The van der Waals surface area contributed by atoms with E-state index in [1.54, 1.807) is 23.4 Å². The molecule has 1 aliphatic rings. The quantitative estimate of drug-likeness (QED) is 0.873. The molecular weight excluding hydrogens is 304 g/mol. The Labute approximate surface area is 141 Å². The Balaban J connectivity index is 1.99. The summed E-state index contributed by atoms with van der Waals surface area (Å²) in [5.41, 5.74) is 2.80. The Morgan fingerprint density at radius 1 is 1.38 bits per heavy atom. The number of benzene rings is 1. The van der Waals surface area contributed by atoms with E-state index in [-0.39, 0.29) is 12.1 Å². The van der Waals surface area contributed by atoms with Crippen molar-refractivity contribution in [1.82, 2.24) is 14.9 Å². The maximum Gasteiger partial charge on any atom is 0.411 e. The molecule has 24 heavy (non-hydrogen) atoms. The van der Waals surface area contributed by atoms with E-state index in [1.807, 2.05) is 32.9 Å². The Hall–Kier alpha value is -2.81. The van der Waals surface area contributed by atoms with Crippen molar-refractivity contribution in [1.29, 1.82) is 5.26 Å². The predicted molar refractivity (Wildman–Crippen MR) is 88.2 cm³/mol. The number of amides is 1. The van der Waals surface area contributed by atoms with Gasteiger partial charge in [-0.25, -0.2) is 9.78 Å². The van der Waals surface area contributed by atoms with Crippen LogP contribution in [0.5, 0.6) is 0 Å². The molecule has 1 unspecified atom stereocenters. The third-order valence-corrected chi connectivity index (χ3v) is 3.91. The van der Waals surface area contributed by atoms with Crippen molar-refractivity contribution >= 4 is 6.09 Å². The number of rotatable bonds is 1. The summed E-state index contributed by atoms with van der Waals surface area (Å²) >= 11 is 0. The van der Waals surface area contributed by atoms with Crippen LogP contribution in [0.25, 0.3) is 0 Å². The highest BCUT2D eigenvalue weighted by atomic mass is 16.6. The van der Waals surface area contributed by atoms with E-state index in [0.29, 0.717) is 18.5 Å². The van der Waals surface area contributed by atoms with Crippen LogP contribution >= 0.6 is 0 Å². The van der Waals surface area contributed by atoms with Crippen molar-refractivity contribution in [3.8, 4) is 6.07 Å². The van der Waals surface area contributed by atoms with Crippen LogP contribution in [0, 0.1) is 11.3 Å². The first-order valence-corrected chi connectivity index (χ1v) is 7.91. The summed E-state index contributed by atoms with van der Waals surface area (Å²) in [5.74, 6) is 0. The summed E-state index contributed by atoms with van der Waals surface area (Å²) in [6.45, 7) is 6.11. The molecule has 0 saturated carbocycles. The molecule has 1 amide bonds. The molecular formula is C18H20N4O2. The van der Waals surface area contributed by atoms with Gasteiger partial charge in [0.2, 0.25) is 0 Å². The van der Waals surface area contributed by atoms with Crippen LogP contribution in [0.3, 0.4) is 0 Å². The Morgan fingerprint density at radius 2 is 2.08 bits per heavy atom. The average Bonchev–Trinajstić information content (AvgIpc) is 3.01. The van der Waals surface area contributed by atoms with Crippen LogP contribution in [0.1, 0.15) is 49.3 Å². The van der Waals surface area contributed by atoms with Gasteiger partial charge in [-0.3, -0.25) is 4.90 Å². The number of aromatic amines is 1. The number of imidazole rings is 1. The molecule has 0 fully saturated rings. The molecule has 1 N–H and O–H groups in total. The van der Waals surface area contributed by atoms with Crippen LogP contribution < -0.4 is 0 Å². The van der Waals surface area contributed by atoms with Gasteiger partial charge in [0.15, 0.2) is 0 Å². The lowest BCUT2D eigenvalue weighted by Crippen LogP contribution is -2.43. The number of carbonyl (C=O) groups is 1. The molecule has 2 aromatic rings. The maximum atomic E-state index is 12.7. The van der Waals surface area contributed by atoms with E-state index in [9.17, 15) is 4.79 Å². The standard InChI is InChI=1S/C18H20N4O2/c1-18(2,3)24-17(23)22-9-8-14-15(21-11-20-14)16(22)13-6-4-12(10-19)5-7-13/h4-7,11,16H,8-9H2,1-3H3,(H,20,21). The second-order valence-corrected chi connectivity index (χ2v) is 6.83. The van der Waals surface area contributed by atoms with Gasteiger partial charge in [-0.2, -0.15) is 5.26 Å². The van der Waals surface area contributed by atoms with E-state index in [4.69, 9.17) is 10.00 Å². The summed E-state index contributed by atoms with van der Waals surface area (Å²) in [4.78, 5) is 21.9. The SMILES string of the molecule is CC(C)(C)OC(=O)N1CCc2[nH]cnc2C1c1ccc(C#N)cc1. The molecule has 1 aromatic heterocycles. The van der Waals surface area contributed by atoms with Gasteiger partial charge in [0.1, 0.15) is 11.6 Å². The van der Waals surface area contributed by atoms with E-state index < -0.39 is 5.60 Å². The van der Waals surface area contributed by atoms with Crippen LogP contribution in [0.2, 0.25) is 0 Å². The van der Waals surface area contributed by atoms with Crippen molar-refractivity contribution in [3.05, 3.63) is 53.1 Å². The van der Waals surface area contributed by atoms with Crippen molar-refractivity contribution < 1.29 is 9.53 Å². The lowest BCUT2D eigenvalue weighted by atomic mass is 9.95. The van der Waals surface area contributed by atoms with E-state index in [0.717, 1.165) is 17.0 Å². The van der Waals surface area contributed by atoms with Gasteiger partial charge in [0, 0.05) is 18.7 Å². The first-order chi connectivity index (χ1) is 11.4. The fourth-order valence-electron chi connectivity index (χ4n) is 2.87. The van der Waals surface area contributed by atoms with Gasteiger partial charge in [-0.1, -0.05) is 12.1 Å². The average molecular weight is 324 g/mol. The van der Waals surface area contributed by atoms with Crippen molar-refractivity contribution in [2.24, 2.45) is 0 Å². The molecule has 1 aromatic carbocycles. The van der Waals surface area contributed by atoms with Gasteiger partial charge >= 0.3 is 6.09 Å². The molecule has 6 nitrogen and oxygen atoms in total. The monoisotopic (exact) mass is 324 g/mol. The minimum absolute atomic E-state index is 0.317. The van der Waals surface area contributed by atoms with Crippen LogP contribution in [-0.4, -0.2) is 33.1 Å². The zero-order valence-electron chi connectivity index (χ0n) is 14.0. The van der Waals surface area contributed by atoms with Crippen LogP contribution in [-0.2, 0) is 11.2 Å². The number of nitriles is 1. The molecule has 0 aliphatic carbocycles. The number of hydrogen-bond acceptors (Lipinski definition) is 4. The zero-order chi connectivity index (χ0) is 17.3. The second-order valence-electron chi connectivity index (χ2n) is 6.83. The number of hydrogen-bond donors (Lipinski definition) is 1. The summed E-state index contributed by atoms with van der Waals surface area (Å²) < 4.78 is 5.56. The number of H-pyrrole nitrogens is 1. The minimum Gasteiger partial charge on any atom is -0.444 e. The molecule has 0 saturated heterocycles. The van der Waals surface area contributed by atoms with E-state index in [2.05, 4.69) is 16.0 Å².